The van der Waals surface area contributed by atoms with E-state index in [9.17, 15) is 9.59 Å². The van der Waals surface area contributed by atoms with Crippen LogP contribution in [0.15, 0.2) is 59.6 Å². The van der Waals surface area contributed by atoms with Gasteiger partial charge >= 0.3 is 0 Å². The van der Waals surface area contributed by atoms with Crippen molar-refractivity contribution in [2.45, 2.75) is 32.1 Å². The predicted molar refractivity (Wildman–Crippen MR) is 121 cm³/mol. The van der Waals surface area contributed by atoms with Crippen LogP contribution in [0.1, 0.15) is 25.8 Å². The molecule has 1 aliphatic heterocycles. The number of carbonyl (C=O) groups excluding carboxylic acids is 2. The Balaban J connectivity index is 1.63. The average molecular weight is 426 g/mol. The highest BCUT2D eigenvalue weighted by molar-refractivity contribution is 8.15. The largest absolute Gasteiger partial charge is 0.497 e. The van der Waals surface area contributed by atoms with Crippen molar-refractivity contribution in [3.63, 3.8) is 0 Å². The van der Waals surface area contributed by atoms with E-state index in [-0.39, 0.29) is 18.2 Å². The van der Waals surface area contributed by atoms with Crippen molar-refractivity contribution < 1.29 is 14.3 Å². The molecular formula is C23H27N3O3S. The van der Waals surface area contributed by atoms with Crippen LogP contribution in [0.2, 0.25) is 0 Å². The van der Waals surface area contributed by atoms with E-state index < -0.39 is 5.25 Å². The number of para-hydroxylation sites is 1. The van der Waals surface area contributed by atoms with Crippen LogP contribution in [0, 0.1) is 5.92 Å². The summed E-state index contributed by atoms with van der Waals surface area (Å²) in [5.41, 5.74) is 1.77. The van der Waals surface area contributed by atoms with E-state index in [1.807, 2.05) is 54.6 Å². The van der Waals surface area contributed by atoms with Gasteiger partial charge in [-0.25, -0.2) is 4.99 Å². The molecule has 1 atom stereocenters. The Morgan fingerprint density at radius 1 is 1.17 bits per heavy atom. The number of methoxy groups -OCH3 is 1. The smallest absolute Gasteiger partial charge is 0.242 e. The summed E-state index contributed by atoms with van der Waals surface area (Å²) in [4.78, 5) is 31.8. The lowest BCUT2D eigenvalue weighted by molar-refractivity contribution is -0.129. The van der Waals surface area contributed by atoms with Gasteiger partial charge in [-0.15, -0.1) is 0 Å². The summed E-state index contributed by atoms with van der Waals surface area (Å²) in [6.07, 6.45) is 0.127. The van der Waals surface area contributed by atoms with E-state index in [2.05, 4.69) is 24.2 Å². The van der Waals surface area contributed by atoms with E-state index in [1.54, 1.807) is 12.0 Å². The summed E-state index contributed by atoms with van der Waals surface area (Å²) >= 11 is 1.37. The number of carbonyl (C=O) groups is 2. The van der Waals surface area contributed by atoms with Crippen molar-refractivity contribution >= 4 is 34.4 Å². The normalized spacial score (nSPS) is 17.6. The van der Waals surface area contributed by atoms with Crippen molar-refractivity contribution in [3.05, 3.63) is 60.2 Å². The number of thioether (sulfide) groups is 1. The van der Waals surface area contributed by atoms with E-state index >= 15 is 0 Å². The molecule has 1 aliphatic rings. The third-order valence-electron chi connectivity index (χ3n) is 4.57. The van der Waals surface area contributed by atoms with Crippen LogP contribution in [0.25, 0.3) is 0 Å². The summed E-state index contributed by atoms with van der Waals surface area (Å²) in [6.45, 7) is 5.12. The molecule has 1 unspecified atom stereocenters. The van der Waals surface area contributed by atoms with Gasteiger partial charge in [0.05, 0.1) is 12.8 Å². The first-order chi connectivity index (χ1) is 14.5. The minimum absolute atomic E-state index is 0.0528. The molecule has 6 nitrogen and oxygen atoms in total. The van der Waals surface area contributed by atoms with E-state index in [4.69, 9.17) is 4.74 Å². The number of nitrogens with zero attached hydrogens (tertiary/aromatic N) is 2. The molecule has 158 valence electrons. The second kappa shape index (κ2) is 10.3. The Bertz CT molecular complexity index is 898. The second-order valence-electron chi connectivity index (χ2n) is 7.51. The first-order valence-corrected chi connectivity index (χ1v) is 10.9. The molecule has 0 aromatic heterocycles. The zero-order valence-electron chi connectivity index (χ0n) is 17.5. The van der Waals surface area contributed by atoms with Crippen LogP contribution in [-0.2, 0) is 16.1 Å². The molecule has 0 spiro atoms. The monoisotopic (exact) mass is 425 g/mol. The highest BCUT2D eigenvalue weighted by Crippen LogP contribution is 2.32. The van der Waals surface area contributed by atoms with Gasteiger partial charge in [-0.05, 0) is 35.7 Å². The highest BCUT2D eigenvalue weighted by atomic mass is 32.2. The van der Waals surface area contributed by atoms with E-state index in [1.165, 1.54) is 11.8 Å². The molecule has 1 fully saturated rings. The molecule has 0 saturated carbocycles. The Kier molecular flexibility index (Phi) is 7.52. The lowest BCUT2D eigenvalue weighted by atomic mass is 10.2. The lowest BCUT2D eigenvalue weighted by Crippen LogP contribution is -2.36. The van der Waals surface area contributed by atoms with Gasteiger partial charge in [-0.3, -0.25) is 14.5 Å². The highest BCUT2D eigenvalue weighted by Gasteiger charge is 2.39. The Hall–Kier alpha value is -2.80. The molecule has 7 heteroatoms. The number of amidine groups is 1. The lowest BCUT2D eigenvalue weighted by Gasteiger charge is -2.18. The molecule has 1 N–H and O–H groups in total. The van der Waals surface area contributed by atoms with Crippen molar-refractivity contribution in [1.82, 2.24) is 10.2 Å². The van der Waals surface area contributed by atoms with Crippen LogP contribution in [0.5, 0.6) is 5.75 Å². The van der Waals surface area contributed by atoms with Gasteiger partial charge in [0.25, 0.3) is 0 Å². The Labute approximate surface area is 181 Å². The van der Waals surface area contributed by atoms with Crippen molar-refractivity contribution in [1.29, 1.82) is 0 Å². The fraction of sp³-hybridized carbons (Fsp3) is 0.348. The van der Waals surface area contributed by atoms with Crippen molar-refractivity contribution in [3.8, 4) is 5.75 Å². The van der Waals surface area contributed by atoms with Gasteiger partial charge < -0.3 is 10.1 Å². The number of aliphatic imine (C=N–C) groups is 1. The van der Waals surface area contributed by atoms with Gasteiger partial charge in [0.2, 0.25) is 11.8 Å². The van der Waals surface area contributed by atoms with Gasteiger partial charge in [-0.1, -0.05) is 55.9 Å². The quantitative estimate of drug-likeness (QED) is 0.694. The molecule has 30 heavy (non-hydrogen) atoms. The van der Waals surface area contributed by atoms with E-state index in [0.29, 0.717) is 24.2 Å². The number of hydrogen-bond acceptors (Lipinski definition) is 5. The van der Waals surface area contributed by atoms with Gasteiger partial charge in [0.15, 0.2) is 5.17 Å². The molecule has 2 amide bonds. The standard InChI is InChI=1S/C23H27N3O3S/c1-16(2)15-26-22(28)20(30-23(26)25-18-7-5-4-6-8-18)13-21(27)24-14-17-9-11-19(29-3)12-10-17/h4-12,16,20H,13-15H2,1-3H3,(H,24,27). The maximum absolute atomic E-state index is 13.0. The predicted octanol–water partition coefficient (Wildman–Crippen LogP) is 3.99. The second-order valence-corrected chi connectivity index (χ2v) is 8.68. The third kappa shape index (κ3) is 5.86. The summed E-state index contributed by atoms with van der Waals surface area (Å²) in [5.74, 6) is 0.872. The molecule has 0 bridgehead atoms. The summed E-state index contributed by atoms with van der Waals surface area (Å²) in [5, 5.41) is 3.10. The SMILES string of the molecule is COc1ccc(CNC(=O)CC2SC(=Nc3ccccc3)N(CC(C)C)C2=O)cc1. The maximum Gasteiger partial charge on any atom is 0.242 e. The summed E-state index contributed by atoms with van der Waals surface area (Å²) in [6, 6.07) is 17.1. The first-order valence-electron chi connectivity index (χ1n) is 9.97. The maximum atomic E-state index is 13.0. The molecule has 0 aliphatic carbocycles. The zero-order valence-corrected chi connectivity index (χ0v) is 18.3. The minimum atomic E-state index is -0.456. The molecule has 2 aromatic carbocycles. The topological polar surface area (TPSA) is 71.0 Å². The van der Waals surface area contributed by atoms with Crippen molar-refractivity contribution in [2.75, 3.05) is 13.7 Å². The number of amides is 2. The van der Waals surface area contributed by atoms with Crippen molar-refractivity contribution in [2.24, 2.45) is 10.9 Å². The molecule has 0 radical (unpaired) electrons. The number of benzene rings is 2. The average Bonchev–Trinajstić information content (AvgIpc) is 3.01. The number of ether oxygens (including phenoxy) is 1. The Morgan fingerprint density at radius 3 is 2.50 bits per heavy atom. The molecule has 1 heterocycles. The van der Waals surface area contributed by atoms with Crippen LogP contribution in [0.4, 0.5) is 5.69 Å². The van der Waals surface area contributed by atoms with Gasteiger partial charge in [0.1, 0.15) is 11.0 Å². The molecule has 3 rings (SSSR count). The number of nitrogens with one attached hydrogen (secondary N) is 1. The van der Waals surface area contributed by atoms with Crippen LogP contribution in [0.3, 0.4) is 0 Å². The molecular weight excluding hydrogens is 398 g/mol. The molecule has 1 saturated heterocycles. The van der Waals surface area contributed by atoms with Crippen LogP contribution < -0.4 is 10.1 Å². The fourth-order valence-corrected chi connectivity index (χ4v) is 4.22. The fourth-order valence-electron chi connectivity index (χ4n) is 3.06. The number of rotatable bonds is 8. The van der Waals surface area contributed by atoms with Gasteiger partial charge in [0, 0.05) is 19.5 Å². The summed E-state index contributed by atoms with van der Waals surface area (Å²) < 4.78 is 5.14. The van der Waals surface area contributed by atoms with E-state index in [0.717, 1.165) is 17.0 Å². The Morgan fingerprint density at radius 2 is 1.87 bits per heavy atom. The van der Waals surface area contributed by atoms with Crippen LogP contribution >= 0.6 is 11.8 Å². The minimum Gasteiger partial charge on any atom is -0.497 e. The summed E-state index contributed by atoms with van der Waals surface area (Å²) in [7, 11) is 1.62. The first kappa shape index (κ1) is 21.9. The van der Waals surface area contributed by atoms with Gasteiger partial charge in [-0.2, -0.15) is 0 Å². The number of hydrogen-bond donors (Lipinski definition) is 1. The molecule has 2 aromatic rings. The third-order valence-corrected chi connectivity index (χ3v) is 5.74. The zero-order chi connectivity index (χ0) is 21.5. The van der Waals surface area contributed by atoms with Crippen LogP contribution in [-0.4, -0.2) is 40.8 Å².